The summed E-state index contributed by atoms with van der Waals surface area (Å²) in [5.41, 5.74) is 0. The molecule has 1 unspecified atom stereocenters. The van der Waals surface area contributed by atoms with Crippen LogP contribution in [0, 0.1) is 16.0 Å². The molecule has 1 heterocycles. The Morgan fingerprint density at radius 3 is 2.88 bits per heavy atom. The molecule has 7 heteroatoms. The summed E-state index contributed by atoms with van der Waals surface area (Å²) in [6.07, 6.45) is 3.51. The second kappa shape index (κ2) is 6.20. The Bertz CT molecular complexity index is 370. The van der Waals surface area contributed by atoms with E-state index in [0.29, 0.717) is 12.5 Å². The normalized spacial score (nSPS) is 12.7. The fourth-order valence-corrected chi connectivity index (χ4v) is 2.31. The van der Waals surface area contributed by atoms with Crippen LogP contribution in [-0.4, -0.2) is 20.0 Å². The van der Waals surface area contributed by atoms with Gasteiger partial charge in [0.15, 0.2) is 5.02 Å². The molecule has 1 rings (SSSR count). The molecule has 0 fully saturated rings. The summed E-state index contributed by atoms with van der Waals surface area (Å²) in [7, 11) is 0. The lowest BCUT2D eigenvalue weighted by atomic mass is 10.1. The Morgan fingerprint density at radius 2 is 2.38 bits per heavy atom. The van der Waals surface area contributed by atoms with E-state index in [0.717, 1.165) is 18.2 Å². The van der Waals surface area contributed by atoms with Gasteiger partial charge < -0.3 is 10.1 Å². The van der Waals surface area contributed by atoms with Crippen molar-refractivity contribution in [2.75, 3.05) is 5.33 Å². The van der Waals surface area contributed by atoms with E-state index in [-0.39, 0.29) is 10.8 Å². The molecule has 0 saturated carbocycles. The van der Waals surface area contributed by atoms with Gasteiger partial charge in [0, 0.05) is 5.33 Å². The second-order valence-corrected chi connectivity index (χ2v) is 4.89. The van der Waals surface area contributed by atoms with E-state index < -0.39 is 4.92 Å². The number of halogens is 2. The summed E-state index contributed by atoms with van der Waals surface area (Å²) in [5, 5.41) is 15.4. The van der Waals surface area contributed by atoms with E-state index in [1.54, 1.807) is 0 Å². The fourth-order valence-electron chi connectivity index (χ4n) is 1.31. The Kier molecular flexibility index (Phi) is 5.21. The molecule has 0 aromatic carbocycles. The molecule has 0 aliphatic heterocycles. The third kappa shape index (κ3) is 3.75. The summed E-state index contributed by atoms with van der Waals surface area (Å²) < 4.78 is 1.53. The van der Waals surface area contributed by atoms with Gasteiger partial charge in [-0.25, -0.2) is 0 Å². The Morgan fingerprint density at radius 1 is 1.69 bits per heavy atom. The summed E-state index contributed by atoms with van der Waals surface area (Å²) in [6.45, 7) is 2.79. The molecular weight excluding hydrogens is 297 g/mol. The summed E-state index contributed by atoms with van der Waals surface area (Å²) >= 11 is 9.06. The predicted molar refractivity (Wildman–Crippen MR) is 66.1 cm³/mol. The molecule has 0 bridgehead atoms. The summed E-state index contributed by atoms with van der Waals surface area (Å²) in [6, 6.07) is 0. The first-order valence-corrected chi connectivity index (χ1v) is 6.47. The van der Waals surface area contributed by atoms with Gasteiger partial charge in [-0.05, 0) is 23.7 Å². The summed E-state index contributed by atoms with van der Waals surface area (Å²) in [4.78, 5) is 9.95. The molecule has 16 heavy (non-hydrogen) atoms. The monoisotopic (exact) mass is 309 g/mol. The van der Waals surface area contributed by atoms with Gasteiger partial charge >= 0.3 is 5.82 Å². The number of nitro groups is 1. The zero-order valence-electron chi connectivity index (χ0n) is 8.90. The van der Waals surface area contributed by atoms with Crippen LogP contribution in [0.1, 0.15) is 19.8 Å². The molecule has 5 nitrogen and oxygen atoms in total. The van der Waals surface area contributed by atoms with Gasteiger partial charge in [0.1, 0.15) is 0 Å². The van der Waals surface area contributed by atoms with Crippen molar-refractivity contribution in [2.24, 2.45) is 5.92 Å². The first-order valence-electron chi connectivity index (χ1n) is 4.98. The van der Waals surface area contributed by atoms with Crippen LogP contribution in [0.15, 0.2) is 6.20 Å². The van der Waals surface area contributed by atoms with Crippen LogP contribution < -0.4 is 0 Å². The highest BCUT2D eigenvalue weighted by Crippen LogP contribution is 2.22. The van der Waals surface area contributed by atoms with Crippen molar-refractivity contribution >= 4 is 33.3 Å². The zero-order valence-corrected chi connectivity index (χ0v) is 11.2. The highest BCUT2D eigenvalue weighted by atomic mass is 79.9. The molecule has 1 aromatic heterocycles. The Balaban J connectivity index is 2.55. The molecular formula is C9H13BrClN3O2. The molecule has 0 aliphatic carbocycles. The molecule has 90 valence electrons. The maximum Gasteiger partial charge on any atom is 0.408 e. The van der Waals surface area contributed by atoms with E-state index in [9.17, 15) is 10.1 Å². The maximum absolute atomic E-state index is 10.5. The van der Waals surface area contributed by atoms with Crippen LogP contribution in [0.3, 0.4) is 0 Å². The van der Waals surface area contributed by atoms with E-state index >= 15 is 0 Å². The molecule has 0 amide bonds. The van der Waals surface area contributed by atoms with Crippen molar-refractivity contribution in [3.8, 4) is 0 Å². The zero-order chi connectivity index (χ0) is 12.1. The van der Waals surface area contributed by atoms with Crippen LogP contribution in [0.4, 0.5) is 5.82 Å². The van der Waals surface area contributed by atoms with Gasteiger partial charge in [-0.3, -0.25) is 0 Å². The van der Waals surface area contributed by atoms with Crippen molar-refractivity contribution in [3.05, 3.63) is 21.3 Å². The number of aryl methyl sites for hydroxylation is 1. The lowest BCUT2D eigenvalue weighted by molar-refractivity contribution is -0.389. The first-order chi connectivity index (χ1) is 7.54. The average Bonchev–Trinajstić information content (AvgIpc) is 2.57. The van der Waals surface area contributed by atoms with Gasteiger partial charge in [0.05, 0.1) is 17.8 Å². The minimum Gasteiger partial charge on any atom is -0.358 e. The van der Waals surface area contributed by atoms with Crippen LogP contribution >= 0.6 is 27.5 Å². The van der Waals surface area contributed by atoms with Crippen LogP contribution in [0.5, 0.6) is 0 Å². The topological polar surface area (TPSA) is 61.0 Å². The number of aromatic nitrogens is 2. The van der Waals surface area contributed by atoms with E-state index in [1.165, 1.54) is 10.9 Å². The van der Waals surface area contributed by atoms with Crippen LogP contribution in [-0.2, 0) is 6.54 Å². The third-order valence-corrected chi connectivity index (χ3v) is 3.05. The molecule has 1 atom stereocenters. The smallest absolute Gasteiger partial charge is 0.358 e. The van der Waals surface area contributed by atoms with Crippen molar-refractivity contribution in [1.29, 1.82) is 0 Å². The molecule has 0 saturated heterocycles. The average molecular weight is 311 g/mol. The largest absolute Gasteiger partial charge is 0.408 e. The number of rotatable bonds is 6. The highest BCUT2D eigenvalue weighted by Gasteiger charge is 2.18. The van der Waals surface area contributed by atoms with Gasteiger partial charge in [-0.1, -0.05) is 34.5 Å². The number of hydrogen-bond acceptors (Lipinski definition) is 3. The van der Waals surface area contributed by atoms with Crippen LogP contribution in [0.25, 0.3) is 0 Å². The number of alkyl halides is 1. The number of hydrogen-bond donors (Lipinski definition) is 0. The molecule has 0 radical (unpaired) electrons. The first kappa shape index (κ1) is 13.4. The fraction of sp³-hybridized carbons (Fsp3) is 0.667. The van der Waals surface area contributed by atoms with Crippen molar-refractivity contribution in [1.82, 2.24) is 9.78 Å². The van der Waals surface area contributed by atoms with E-state index in [4.69, 9.17) is 11.6 Å². The Labute approximate surface area is 107 Å². The Hall–Kier alpha value is -0.620. The minimum absolute atomic E-state index is 0.0955. The molecule has 0 spiro atoms. The highest BCUT2D eigenvalue weighted by molar-refractivity contribution is 9.09. The lowest BCUT2D eigenvalue weighted by Gasteiger charge is -2.06. The van der Waals surface area contributed by atoms with Gasteiger partial charge in [0.2, 0.25) is 0 Å². The SMILES string of the molecule is CC(CCBr)CCn1cc(Cl)c([N+](=O)[O-])n1. The van der Waals surface area contributed by atoms with E-state index in [2.05, 4.69) is 28.0 Å². The minimum atomic E-state index is -0.569. The predicted octanol–water partition coefficient (Wildman–Crippen LogP) is 3.26. The van der Waals surface area contributed by atoms with Crippen molar-refractivity contribution in [3.63, 3.8) is 0 Å². The second-order valence-electron chi connectivity index (χ2n) is 3.69. The van der Waals surface area contributed by atoms with E-state index in [1.807, 2.05) is 0 Å². The van der Waals surface area contributed by atoms with Crippen LogP contribution in [0.2, 0.25) is 5.02 Å². The van der Waals surface area contributed by atoms with Gasteiger partial charge in [-0.2, -0.15) is 4.68 Å². The van der Waals surface area contributed by atoms with Crippen molar-refractivity contribution in [2.45, 2.75) is 26.3 Å². The van der Waals surface area contributed by atoms with Crippen molar-refractivity contribution < 1.29 is 4.92 Å². The quantitative estimate of drug-likeness (QED) is 0.460. The maximum atomic E-state index is 10.5. The number of nitrogens with zero attached hydrogens (tertiary/aromatic N) is 3. The standard InChI is InChI=1S/C9H13BrClN3O2/c1-7(2-4-10)3-5-13-6-8(11)9(12-13)14(15)16/h6-7H,2-5H2,1H3. The van der Waals surface area contributed by atoms with Gasteiger partial charge in [-0.15, -0.1) is 0 Å². The molecule has 0 N–H and O–H groups in total. The van der Waals surface area contributed by atoms with Gasteiger partial charge in [0.25, 0.3) is 0 Å². The molecule has 1 aromatic rings. The third-order valence-electron chi connectivity index (χ3n) is 2.32. The molecule has 0 aliphatic rings. The summed E-state index contributed by atoms with van der Waals surface area (Å²) in [5.74, 6) is 0.288. The lowest BCUT2D eigenvalue weighted by Crippen LogP contribution is -2.05.